The van der Waals surface area contributed by atoms with Crippen LogP contribution >= 0.6 is 0 Å². The highest BCUT2D eigenvalue weighted by atomic mass is 16.6. The Morgan fingerprint density at radius 2 is 1.96 bits per heavy atom. The van der Waals surface area contributed by atoms with Gasteiger partial charge in [-0.2, -0.15) is 0 Å². The Bertz CT molecular complexity index is 576. The van der Waals surface area contributed by atoms with Crippen LogP contribution in [0.15, 0.2) is 23.8 Å². The van der Waals surface area contributed by atoms with Crippen LogP contribution in [0, 0.1) is 5.92 Å². The minimum Gasteiger partial charge on any atom is -0.456 e. The van der Waals surface area contributed by atoms with E-state index in [-0.39, 0.29) is 18.0 Å². The molecule has 0 amide bonds. The highest BCUT2D eigenvalue weighted by Crippen LogP contribution is 2.48. The molecule has 4 heteroatoms. The molecule has 134 valence electrons. The first-order chi connectivity index (χ1) is 11.2. The Morgan fingerprint density at radius 1 is 1.21 bits per heavy atom. The number of ether oxygens (including phenoxy) is 2. The van der Waals surface area contributed by atoms with Crippen molar-refractivity contribution in [3.05, 3.63) is 23.8 Å². The van der Waals surface area contributed by atoms with Crippen LogP contribution in [-0.4, -0.2) is 34.0 Å². The number of allylic oxidation sites excluding steroid dienone is 2. The largest absolute Gasteiger partial charge is 0.456 e. The maximum atomic E-state index is 12.6. The van der Waals surface area contributed by atoms with Crippen molar-refractivity contribution < 1.29 is 19.4 Å². The summed E-state index contributed by atoms with van der Waals surface area (Å²) in [6.07, 6.45) is 10.7. The van der Waals surface area contributed by atoms with Gasteiger partial charge in [0.2, 0.25) is 0 Å². The molecule has 24 heavy (non-hydrogen) atoms. The third-order valence-corrected chi connectivity index (χ3v) is 6.14. The van der Waals surface area contributed by atoms with E-state index in [9.17, 15) is 9.90 Å². The summed E-state index contributed by atoms with van der Waals surface area (Å²) in [5.41, 5.74) is -0.818. The van der Waals surface area contributed by atoms with Gasteiger partial charge in [-0.15, -0.1) is 0 Å². The van der Waals surface area contributed by atoms with E-state index in [4.69, 9.17) is 9.47 Å². The zero-order valence-corrected chi connectivity index (χ0v) is 15.3. The van der Waals surface area contributed by atoms with E-state index in [2.05, 4.69) is 13.0 Å². The van der Waals surface area contributed by atoms with Crippen LogP contribution in [0.1, 0.15) is 66.2 Å². The van der Waals surface area contributed by atoms with Crippen LogP contribution in [0.5, 0.6) is 0 Å². The molecule has 3 fully saturated rings. The van der Waals surface area contributed by atoms with Gasteiger partial charge in [0.1, 0.15) is 11.2 Å². The van der Waals surface area contributed by atoms with E-state index in [0.29, 0.717) is 6.42 Å². The maximum absolute atomic E-state index is 12.6. The number of hydrogen-bond acceptors (Lipinski definition) is 4. The number of rotatable bonds is 0. The molecular weight excluding hydrogens is 304 g/mol. The maximum Gasteiger partial charge on any atom is 0.312 e. The molecular formula is C20H30O4. The molecule has 0 radical (unpaired) electrons. The quantitative estimate of drug-likeness (QED) is 0.542. The van der Waals surface area contributed by atoms with Crippen molar-refractivity contribution in [3.8, 4) is 0 Å². The topological polar surface area (TPSA) is 55.8 Å². The van der Waals surface area contributed by atoms with Crippen LogP contribution in [-0.2, 0) is 14.3 Å². The van der Waals surface area contributed by atoms with E-state index >= 15 is 0 Å². The summed E-state index contributed by atoms with van der Waals surface area (Å²) >= 11 is 0. The normalized spacial score (nSPS) is 49.9. The third kappa shape index (κ3) is 3.18. The monoisotopic (exact) mass is 334 g/mol. The lowest BCUT2D eigenvalue weighted by molar-refractivity contribution is -0.188. The predicted octanol–water partition coefficient (Wildman–Crippen LogP) is 3.68. The molecule has 4 rings (SSSR count). The first-order valence-electron chi connectivity index (χ1n) is 9.15. The second kappa shape index (κ2) is 5.99. The standard InChI is InChI=1S/C20H30O4/c1-14-6-5-9-18(3,22)10-12-20-13-11-19(4,16(23-20)8-7-14)24-17(21)15(20)2/h6,10,12,15-16,22H,5,7-9,11,13H2,1-4H3/b12-10+,14-6+/t15-,16+,18+,19-,20-/m1/s1. The summed E-state index contributed by atoms with van der Waals surface area (Å²) in [7, 11) is 0. The first kappa shape index (κ1) is 17.7. The summed E-state index contributed by atoms with van der Waals surface area (Å²) in [4.78, 5) is 12.6. The molecule has 0 saturated carbocycles. The molecule has 5 atom stereocenters. The van der Waals surface area contributed by atoms with Gasteiger partial charge in [-0.25, -0.2) is 0 Å². The minimum atomic E-state index is -0.903. The van der Waals surface area contributed by atoms with E-state index in [1.165, 1.54) is 5.57 Å². The number of hydrogen-bond donors (Lipinski definition) is 1. The fourth-order valence-electron chi connectivity index (χ4n) is 4.11. The fraction of sp³-hybridized carbons (Fsp3) is 0.750. The van der Waals surface area contributed by atoms with Crippen LogP contribution in [0.25, 0.3) is 0 Å². The number of aliphatic hydroxyl groups is 1. The van der Waals surface area contributed by atoms with Gasteiger partial charge in [-0.1, -0.05) is 23.8 Å². The molecule has 4 aliphatic heterocycles. The molecule has 0 unspecified atom stereocenters. The first-order valence-corrected chi connectivity index (χ1v) is 9.15. The van der Waals surface area contributed by atoms with E-state index in [1.54, 1.807) is 0 Å². The SMILES string of the molecule is C/C1=C\CC[C@](C)(O)/C=C/[C@@]23CC[C@@](C)(OC(=O)[C@H]2C)[C@H](CC1)O3. The van der Waals surface area contributed by atoms with Crippen molar-refractivity contribution in [1.82, 2.24) is 0 Å². The van der Waals surface area contributed by atoms with Gasteiger partial charge in [0, 0.05) is 0 Å². The molecule has 0 aromatic carbocycles. The van der Waals surface area contributed by atoms with Crippen LogP contribution in [0.3, 0.4) is 0 Å². The highest BCUT2D eigenvalue weighted by molar-refractivity contribution is 5.75. The van der Waals surface area contributed by atoms with Gasteiger partial charge >= 0.3 is 5.97 Å². The smallest absolute Gasteiger partial charge is 0.312 e. The zero-order chi connectivity index (χ0) is 17.6. The summed E-state index contributed by atoms with van der Waals surface area (Å²) in [6.45, 7) is 7.83. The van der Waals surface area contributed by atoms with Crippen molar-refractivity contribution in [2.45, 2.75) is 89.1 Å². The van der Waals surface area contributed by atoms with Gasteiger partial charge in [0.25, 0.3) is 0 Å². The lowest BCUT2D eigenvalue weighted by atomic mass is 9.76. The Balaban J connectivity index is 2.03. The average Bonchev–Trinajstić information content (AvgIpc) is 2.64. The summed E-state index contributed by atoms with van der Waals surface area (Å²) in [5, 5.41) is 10.7. The van der Waals surface area contributed by atoms with Crippen molar-refractivity contribution in [2.75, 3.05) is 0 Å². The lowest BCUT2D eigenvalue weighted by Gasteiger charge is -2.45. The van der Waals surface area contributed by atoms with Crippen molar-refractivity contribution in [3.63, 3.8) is 0 Å². The second-order valence-electron chi connectivity index (χ2n) is 8.34. The Labute approximate surface area is 144 Å². The van der Waals surface area contributed by atoms with Gasteiger partial charge < -0.3 is 14.6 Å². The summed E-state index contributed by atoms with van der Waals surface area (Å²) in [5.74, 6) is -0.556. The molecule has 3 saturated heterocycles. The zero-order valence-electron chi connectivity index (χ0n) is 15.3. The average molecular weight is 334 g/mol. The van der Waals surface area contributed by atoms with E-state index in [0.717, 1.165) is 32.1 Å². The molecule has 3 bridgehead atoms. The Hall–Kier alpha value is -1.13. The van der Waals surface area contributed by atoms with Crippen LogP contribution < -0.4 is 0 Å². The highest BCUT2D eigenvalue weighted by Gasteiger charge is 2.57. The molecule has 1 spiro atoms. The van der Waals surface area contributed by atoms with Gasteiger partial charge in [-0.05, 0) is 66.2 Å². The number of fused-ring (bicyclic) bond motifs is 3. The molecule has 4 nitrogen and oxygen atoms in total. The van der Waals surface area contributed by atoms with E-state index < -0.39 is 16.8 Å². The predicted molar refractivity (Wildman–Crippen MR) is 92.5 cm³/mol. The van der Waals surface area contributed by atoms with Gasteiger partial charge in [0.05, 0.1) is 17.6 Å². The third-order valence-electron chi connectivity index (χ3n) is 6.14. The molecule has 0 aliphatic carbocycles. The Morgan fingerprint density at radius 3 is 2.71 bits per heavy atom. The molecule has 1 N–H and O–H groups in total. The van der Waals surface area contributed by atoms with Crippen molar-refractivity contribution in [2.24, 2.45) is 5.92 Å². The number of carbonyl (C=O) groups is 1. The van der Waals surface area contributed by atoms with Gasteiger partial charge in [0.15, 0.2) is 0 Å². The van der Waals surface area contributed by atoms with Crippen molar-refractivity contribution >= 4 is 5.97 Å². The fourth-order valence-corrected chi connectivity index (χ4v) is 4.11. The number of esters is 1. The molecule has 0 aromatic rings. The van der Waals surface area contributed by atoms with Gasteiger partial charge in [-0.3, -0.25) is 4.79 Å². The lowest BCUT2D eigenvalue weighted by Crippen LogP contribution is -2.52. The minimum absolute atomic E-state index is 0.113. The Kier molecular flexibility index (Phi) is 4.42. The molecule has 4 aliphatic rings. The summed E-state index contributed by atoms with van der Waals surface area (Å²) < 4.78 is 12.4. The van der Waals surface area contributed by atoms with Crippen molar-refractivity contribution in [1.29, 1.82) is 0 Å². The summed E-state index contributed by atoms with van der Waals surface area (Å²) in [6, 6.07) is 0. The van der Waals surface area contributed by atoms with Crippen LogP contribution in [0.2, 0.25) is 0 Å². The molecule has 0 aromatic heterocycles. The molecule has 4 heterocycles. The van der Waals surface area contributed by atoms with E-state index in [1.807, 2.05) is 32.9 Å². The van der Waals surface area contributed by atoms with Crippen LogP contribution in [0.4, 0.5) is 0 Å². The number of carbonyl (C=O) groups excluding carboxylic acids is 1. The second-order valence-corrected chi connectivity index (χ2v) is 8.34.